The zero-order chi connectivity index (χ0) is 5.40. The Labute approximate surface area is 51.4 Å². The second-order valence-corrected chi connectivity index (χ2v) is 3.64. The lowest BCUT2D eigenvalue weighted by atomic mass is 10.3. The molecule has 0 aromatic carbocycles. The van der Waals surface area contributed by atoms with Crippen molar-refractivity contribution in [3.8, 4) is 11.1 Å². The summed E-state index contributed by atoms with van der Waals surface area (Å²) in [7, 11) is 1.89. The van der Waals surface area contributed by atoms with Crippen LogP contribution in [0.5, 0.6) is 0 Å². The molecule has 2 rings (SSSR count). The molecule has 0 fully saturated rings. The van der Waals surface area contributed by atoms with E-state index < -0.39 is 0 Å². The van der Waals surface area contributed by atoms with E-state index in [4.69, 9.17) is 0 Å². The van der Waals surface area contributed by atoms with Gasteiger partial charge in [0.1, 0.15) is 0 Å². The van der Waals surface area contributed by atoms with Crippen LogP contribution in [0, 0.1) is 0 Å². The molecule has 0 radical (unpaired) electrons. The fourth-order valence-corrected chi connectivity index (χ4v) is 3.08. The quantitative estimate of drug-likeness (QED) is 0.493. The first kappa shape index (κ1) is 4.68. The summed E-state index contributed by atoms with van der Waals surface area (Å²) in [6.07, 6.45) is 0. The summed E-state index contributed by atoms with van der Waals surface area (Å²) >= 11 is 0. The van der Waals surface area contributed by atoms with E-state index in [1.807, 2.05) is 0 Å². The van der Waals surface area contributed by atoms with Crippen molar-refractivity contribution in [3.05, 3.63) is 23.2 Å². The summed E-state index contributed by atoms with van der Waals surface area (Å²) in [6.45, 7) is 0. The molecule has 40 valence electrons. The highest BCUT2D eigenvalue weighted by Gasteiger charge is 1.94. The molecule has 0 aromatic rings. The van der Waals surface area contributed by atoms with Crippen LogP contribution in [-0.2, 0) is 0 Å². The zero-order valence-corrected chi connectivity index (χ0v) is 6.31. The van der Waals surface area contributed by atoms with Crippen molar-refractivity contribution in [2.45, 2.75) is 0 Å². The van der Waals surface area contributed by atoms with E-state index in [1.54, 1.807) is 0 Å². The van der Waals surface area contributed by atoms with Gasteiger partial charge in [-0.2, -0.15) is 0 Å². The summed E-state index contributed by atoms with van der Waals surface area (Å²) in [5.41, 5.74) is 2.98. The first-order valence-corrected chi connectivity index (χ1v) is 4.87. The van der Waals surface area contributed by atoms with Gasteiger partial charge in [0.05, 0.1) is 14.0 Å². The Kier molecular flexibility index (Phi) is 0.966. The van der Waals surface area contributed by atoms with Crippen molar-refractivity contribution in [2.75, 3.05) is 0 Å². The van der Waals surface area contributed by atoms with Gasteiger partial charge in [-0.15, -0.1) is 17.2 Å². The molecule has 0 aliphatic carbocycles. The molecule has 0 N–H and O–H groups in total. The molecule has 0 bridgehead atoms. The van der Waals surface area contributed by atoms with Crippen molar-refractivity contribution < 1.29 is 0 Å². The molecule has 2 heterocycles. The molecule has 2 aliphatic rings. The minimum absolute atomic E-state index is 0.945. The molecule has 0 unspecified atom stereocenters. The zero-order valence-electron chi connectivity index (χ0n) is 4.31. The van der Waals surface area contributed by atoms with Gasteiger partial charge >= 0.3 is 0 Å². The smallest absolute Gasteiger partial charge is 0.0602 e. The van der Waals surface area contributed by atoms with Gasteiger partial charge in [0.2, 0.25) is 0 Å². The van der Waals surface area contributed by atoms with Crippen molar-refractivity contribution in [2.24, 2.45) is 0 Å². The van der Waals surface area contributed by atoms with Crippen LogP contribution < -0.4 is 0 Å². The van der Waals surface area contributed by atoms with Crippen LogP contribution in [0.2, 0.25) is 0 Å². The molecular formula is C6H6P2. The van der Waals surface area contributed by atoms with E-state index in [2.05, 4.69) is 23.2 Å². The summed E-state index contributed by atoms with van der Waals surface area (Å²) < 4.78 is 0. The maximum atomic E-state index is 2.31. The fourth-order valence-electron chi connectivity index (χ4n) is 0.859. The Hall–Kier alpha value is -0.180. The Morgan fingerprint density at radius 3 is 3.38 bits per heavy atom. The normalized spacial score (nSPS) is 12.5. The van der Waals surface area contributed by atoms with Crippen molar-refractivity contribution in [1.82, 2.24) is 0 Å². The number of rotatable bonds is 0. The molecular weight excluding hydrogens is 134 g/mol. The fraction of sp³-hybridized carbons (Fsp3) is 0. The summed E-state index contributed by atoms with van der Waals surface area (Å²) in [4.78, 5) is 0. The van der Waals surface area contributed by atoms with E-state index in [-0.39, 0.29) is 0 Å². The van der Waals surface area contributed by atoms with Crippen LogP contribution in [0.4, 0.5) is 0 Å². The third-order valence-corrected chi connectivity index (χ3v) is 3.20. The van der Waals surface area contributed by atoms with Gasteiger partial charge < -0.3 is 0 Å². The molecule has 0 saturated carbocycles. The van der Waals surface area contributed by atoms with Gasteiger partial charge in [0, 0.05) is 5.80 Å². The third-order valence-electron chi connectivity index (χ3n) is 1.29. The van der Waals surface area contributed by atoms with E-state index >= 15 is 0 Å². The van der Waals surface area contributed by atoms with E-state index in [1.165, 1.54) is 11.1 Å². The highest BCUT2D eigenvalue weighted by Crippen LogP contribution is 2.33. The molecule has 8 heavy (non-hydrogen) atoms. The van der Waals surface area contributed by atoms with Crippen molar-refractivity contribution in [3.63, 3.8) is 0 Å². The number of hydrogen-bond acceptors (Lipinski definition) is 0. The number of fused-ring (bicyclic) bond motifs is 1. The van der Waals surface area contributed by atoms with Crippen LogP contribution in [0.3, 0.4) is 0 Å². The van der Waals surface area contributed by atoms with Crippen LogP contribution >= 0.6 is 16.4 Å². The SMILES string of the molecule is c1[pH][cH-]c2c[pH+]cc1-2. The molecule has 0 aromatic heterocycles. The lowest BCUT2D eigenvalue weighted by molar-refractivity contribution is 1.95. The standard InChI is InChI=1S/C6H5P2/c1-5-2-8-4-6(5)3-7-1/h1-4,7H/q-1/p+1. The maximum Gasteiger partial charge on any atom is 0.0602 e. The Morgan fingerprint density at radius 2 is 2.50 bits per heavy atom. The lowest BCUT2D eigenvalue weighted by Gasteiger charge is -1.84. The van der Waals surface area contributed by atoms with Crippen LogP contribution in [0.25, 0.3) is 11.1 Å². The molecule has 2 aliphatic heterocycles. The number of hydrogen-bond donors (Lipinski definition) is 0. The Morgan fingerprint density at radius 1 is 1.50 bits per heavy atom. The van der Waals surface area contributed by atoms with Crippen LogP contribution in [-0.4, -0.2) is 0 Å². The topological polar surface area (TPSA) is 0 Å². The second-order valence-electron chi connectivity index (χ2n) is 1.82. The Balaban J connectivity index is 2.84. The molecule has 0 spiro atoms. The first-order valence-electron chi connectivity index (χ1n) is 2.56. The summed E-state index contributed by atoms with van der Waals surface area (Å²) in [6, 6.07) is 0. The monoisotopic (exact) mass is 140 g/mol. The molecule has 2 heteroatoms. The third kappa shape index (κ3) is 0.540. The molecule has 0 saturated heterocycles. The molecule has 0 atom stereocenters. The predicted octanol–water partition coefficient (Wildman–Crippen LogP) is 2.85. The van der Waals surface area contributed by atoms with Crippen LogP contribution in [0.15, 0.2) is 23.2 Å². The minimum atomic E-state index is 0.945. The van der Waals surface area contributed by atoms with Gasteiger partial charge in [-0.1, -0.05) is 5.56 Å². The van der Waals surface area contributed by atoms with Gasteiger partial charge in [-0.05, 0) is 0 Å². The Bertz CT molecular complexity index is 198. The van der Waals surface area contributed by atoms with Crippen molar-refractivity contribution >= 4 is 16.4 Å². The molecule has 0 nitrogen and oxygen atoms in total. The molecule has 0 amide bonds. The van der Waals surface area contributed by atoms with E-state index in [0.717, 1.165) is 16.4 Å². The predicted molar refractivity (Wildman–Crippen MR) is 42.1 cm³/mol. The van der Waals surface area contributed by atoms with Gasteiger partial charge in [-0.25, -0.2) is 8.19 Å². The minimum Gasteiger partial charge on any atom is -0.235 e. The van der Waals surface area contributed by atoms with Crippen molar-refractivity contribution in [1.29, 1.82) is 0 Å². The summed E-state index contributed by atoms with van der Waals surface area (Å²) in [5.74, 6) is 9.25. The first-order chi connectivity index (χ1) is 3.97. The van der Waals surface area contributed by atoms with E-state index in [9.17, 15) is 0 Å². The lowest BCUT2D eigenvalue weighted by Crippen LogP contribution is -1.52. The van der Waals surface area contributed by atoms with Gasteiger partial charge in [-0.3, -0.25) is 0 Å². The second kappa shape index (κ2) is 1.65. The van der Waals surface area contributed by atoms with Gasteiger partial charge in [0.25, 0.3) is 0 Å². The van der Waals surface area contributed by atoms with E-state index in [0.29, 0.717) is 0 Å². The average Bonchev–Trinajstić information content (AvgIpc) is 2.15. The van der Waals surface area contributed by atoms with Crippen LogP contribution in [0.1, 0.15) is 0 Å². The maximum absolute atomic E-state index is 2.31. The highest BCUT2D eigenvalue weighted by molar-refractivity contribution is 7.31. The highest BCUT2D eigenvalue weighted by atomic mass is 31.0. The van der Waals surface area contributed by atoms with Gasteiger partial charge in [0.15, 0.2) is 0 Å². The largest absolute Gasteiger partial charge is 0.235 e. The summed E-state index contributed by atoms with van der Waals surface area (Å²) in [5, 5.41) is 0. The average molecular weight is 140 g/mol.